The molecule has 5 heterocycles. The second kappa shape index (κ2) is 25.2. The minimum atomic E-state index is -2.04. The fourth-order valence-electron chi connectivity index (χ4n) is 10.3. The number of anilines is 3. The van der Waals surface area contributed by atoms with Gasteiger partial charge in [-0.2, -0.15) is 5.10 Å². The maximum absolute atomic E-state index is 14.4. The lowest BCUT2D eigenvalue weighted by Crippen LogP contribution is -2.46. The van der Waals surface area contributed by atoms with Gasteiger partial charge in [0.25, 0.3) is 11.7 Å². The number of hydrazone groups is 1. The molecule has 18 nitrogen and oxygen atoms in total. The first kappa shape index (κ1) is 60.0. The molecule has 0 radical (unpaired) electrons. The van der Waals surface area contributed by atoms with E-state index in [2.05, 4.69) is 94.7 Å². The Morgan fingerprint density at radius 1 is 0.899 bits per heavy atom. The number of carbonyl (C=O) groups is 3. The predicted molar refractivity (Wildman–Crippen MR) is 308 cm³/mol. The Hall–Kier alpha value is -6.61. The Morgan fingerprint density at radius 2 is 1.52 bits per heavy atom. The maximum atomic E-state index is 14.4. The van der Waals surface area contributed by atoms with Gasteiger partial charge >= 0.3 is 11.8 Å². The number of phenolic OH excluding ortho intramolecular Hbond substituents is 3. The number of ketones is 1. The summed E-state index contributed by atoms with van der Waals surface area (Å²) in [5.41, 5.74) is 2.30. The van der Waals surface area contributed by atoms with Gasteiger partial charge in [0.1, 0.15) is 23.4 Å². The second-order valence-electron chi connectivity index (χ2n) is 21.6. The van der Waals surface area contributed by atoms with E-state index in [9.17, 15) is 39.9 Å². The number of nitrogens with zero attached hydrogens (tertiary/aromatic N) is 5. The van der Waals surface area contributed by atoms with Crippen LogP contribution in [0.3, 0.4) is 0 Å². The molecule has 1 saturated heterocycles. The number of methoxy groups -OCH3 is 1. The average molecular weight is 1110 g/mol. The van der Waals surface area contributed by atoms with Crippen molar-refractivity contribution in [3.05, 3.63) is 101 Å². The predicted octanol–water partition coefficient (Wildman–Crippen LogP) is 8.57. The lowest BCUT2D eigenvalue weighted by atomic mass is 9.78. The molecule has 9 rings (SSSR count). The highest BCUT2D eigenvalue weighted by Crippen LogP contribution is 2.55. The molecule has 6 N–H and O–H groups in total. The standard InChI is InChI=1S/C43H58N4O12.C17H20N2S/c1-21-12-11-13-22(2)42(55)45-33-28(20-44-47-17-15-46(9)16-18-47)37(52)30-31(38(33)53)36(51)26(6)40-32(30)41(54)43(8,59-40)57-19-14-29(56-10)23(3)39(58-27(7)48)25(5)35(50)24(4)34(21)49;1-13(18(2)3)12-19-14-8-4-6-10-16(14)20-17-11-7-5-9-15(17)19/h11-14,19-21,23-25,29,34-35,39,49-53H,15-18H2,1-10H3,(H,45,55);4-11,13H,12H2,1-3H3/b12-11+,19-14+,22-13-,44-20-;/t21-,23-,24-,25-,29+,34+,35+,39-,43+;/m1./s1. The molecule has 0 saturated carbocycles. The smallest absolute Gasteiger partial charge is 0.312 e. The van der Waals surface area contributed by atoms with Crippen LogP contribution in [0, 0.1) is 30.6 Å². The van der Waals surface area contributed by atoms with Gasteiger partial charge in [-0.1, -0.05) is 82.0 Å². The molecule has 19 heteroatoms. The van der Waals surface area contributed by atoms with Crippen LogP contribution in [-0.2, 0) is 23.8 Å². The molecule has 5 aliphatic heterocycles. The van der Waals surface area contributed by atoms with Crippen molar-refractivity contribution < 1.29 is 58.9 Å². The molecule has 4 aromatic carbocycles. The van der Waals surface area contributed by atoms with E-state index in [1.807, 2.05) is 18.8 Å². The Labute approximate surface area is 467 Å². The number of amides is 1. The maximum Gasteiger partial charge on any atom is 0.312 e. The van der Waals surface area contributed by atoms with E-state index in [0.717, 1.165) is 19.6 Å². The molecule has 0 aromatic heterocycles. The van der Waals surface area contributed by atoms with Crippen molar-refractivity contribution in [2.45, 2.75) is 108 Å². The lowest BCUT2D eigenvalue weighted by molar-refractivity contribution is -0.160. The molecule has 0 aliphatic carbocycles. The van der Waals surface area contributed by atoms with Gasteiger partial charge in [-0.25, -0.2) is 0 Å². The largest absolute Gasteiger partial charge is 0.507 e. The van der Waals surface area contributed by atoms with Crippen molar-refractivity contribution in [2.24, 2.45) is 28.8 Å². The van der Waals surface area contributed by atoms with Crippen molar-refractivity contribution in [1.29, 1.82) is 0 Å². The van der Waals surface area contributed by atoms with Crippen molar-refractivity contribution >= 4 is 63.5 Å². The quantitative estimate of drug-likeness (QED) is 0.0441. The molecule has 5 bridgehead atoms. The molecule has 1 amide bonds. The van der Waals surface area contributed by atoms with Gasteiger partial charge in [0, 0.05) is 110 Å². The highest BCUT2D eigenvalue weighted by atomic mass is 32.2. The van der Waals surface area contributed by atoms with Gasteiger partial charge < -0.3 is 64.5 Å². The number of aliphatic hydroxyl groups excluding tert-OH is 2. The molecule has 1 unspecified atom stereocenters. The highest BCUT2D eigenvalue weighted by Gasteiger charge is 2.50. The first-order valence-electron chi connectivity index (χ1n) is 26.8. The number of hydrogen-bond acceptors (Lipinski definition) is 18. The van der Waals surface area contributed by atoms with Gasteiger partial charge in [-0.15, -0.1) is 0 Å². The van der Waals surface area contributed by atoms with E-state index < -0.39 is 88.8 Å². The zero-order valence-corrected chi connectivity index (χ0v) is 48.4. The van der Waals surface area contributed by atoms with Crippen LogP contribution >= 0.6 is 11.8 Å². The normalized spacial score (nSPS) is 27.7. The van der Waals surface area contributed by atoms with Crippen LogP contribution in [0.1, 0.15) is 76.9 Å². The van der Waals surface area contributed by atoms with Gasteiger partial charge in [0.2, 0.25) is 0 Å². The number of Topliss-reactive ketones (excluding diaryl/α,β-unsaturated/α-hetero) is 1. The number of para-hydroxylation sites is 2. The first-order valence-corrected chi connectivity index (χ1v) is 27.6. The summed E-state index contributed by atoms with van der Waals surface area (Å²) < 4.78 is 23.6. The molecule has 426 valence electrons. The molecule has 4 aromatic rings. The van der Waals surface area contributed by atoms with Crippen LogP contribution in [0.5, 0.6) is 23.0 Å². The summed E-state index contributed by atoms with van der Waals surface area (Å²) in [5.74, 6) is -8.34. The van der Waals surface area contributed by atoms with E-state index in [1.54, 1.807) is 44.9 Å². The van der Waals surface area contributed by atoms with Crippen LogP contribution in [0.15, 0.2) is 99.6 Å². The minimum Gasteiger partial charge on any atom is -0.507 e. The Balaban J connectivity index is 0.000000374. The number of aromatic hydroxyl groups is 3. The molecule has 79 heavy (non-hydrogen) atoms. The number of esters is 1. The zero-order chi connectivity index (χ0) is 57.8. The highest BCUT2D eigenvalue weighted by molar-refractivity contribution is 7.99. The molecule has 0 spiro atoms. The van der Waals surface area contributed by atoms with E-state index in [1.165, 1.54) is 80.6 Å². The van der Waals surface area contributed by atoms with Crippen molar-refractivity contribution in [3.8, 4) is 23.0 Å². The fourth-order valence-corrected chi connectivity index (χ4v) is 11.4. The third-order valence-electron chi connectivity index (χ3n) is 15.7. The number of nitrogens with one attached hydrogen (secondary N) is 1. The number of hydrogen-bond donors (Lipinski definition) is 6. The van der Waals surface area contributed by atoms with E-state index in [-0.39, 0.29) is 44.5 Å². The number of aliphatic hydroxyl groups is 2. The van der Waals surface area contributed by atoms with E-state index >= 15 is 0 Å². The number of likely N-dealkylation sites (N-methyl/N-ethyl adjacent to an activating group) is 2. The molecular weight excluding hydrogens is 1030 g/mol. The number of allylic oxidation sites excluding steroid dienone is 2. The van der Waals surface area contributed by atoms with Crippen LogP contribution in [0.25, 0.3) is 10.8 Å². The van der Waals surface area contributed by atoms with Gasteiger partial charge in [0.15, 0.2) is 5.75 Å². The number of fused-ring (bicyclic) bond motifs is 16. The van der Waals surface area contributed by atoms with Crippen LogP contribution in [0.2, 0.25) is 0 Å². The number of phenols is 3. The van der Waals surface area contributed by atoms with Crippen LogP contribution < -0.4 is 15.0 Å². The fraction of sp³-hybridized carbons (Fsp3) is 0.467. The van der Waals surface area contributed by atoms with Gasteiger partial charge in [0.05, 0.1) is 64.4 Å². The van der Waals surface area contributed by atoms with Crippen LogP contribution in [0.4, 0.5) is 17.1 Å². The van der Waals surface area contributed by atoms with Crippen molar-refractivity contribution in [1.82, 2.24) is 14.8 Å². The number of piperazine rings is 1. The summed E-state index contributed by atoms with van der Waals surface area (Å²) in [5, 5.41) is 66.8. The summed E-state index contributed by atoms with van der Waals surface area (Å²) in [4.78, 5) is 50.0. The monoisotopic (exact) mass is 1110 g/mol. The van der Waals surface area contributed by atoms with Crippen molar-refractivity contribution in [2.75, 3.05) is 71.2 Å². The summed E-state index contributed by atoms with van der Waals surface area (Å²) in [7, 11) is 7.70. The van der Waals surface area contributed by atoms with Crippen LogP contribution in [-0.4, -0.2) is 161 Å². The van der Waals surface area contributed by atoms with Crippen molar-refractivity contribution in [3.63, 3.8) is 0 Å². The summed E-state index contributed by atoms with van der Waals surface area (Å²) in [6, 6.07) is 17.9. The number of benzene rings is 4. The molecular formula is C60H78N6O12S. The Morgan fingerprint density at radius 3 is 2.11 bits per heavy atom. The SMILES string of the molecule is CC(CN1c2ccccc2Sc2ccccc21)N(C)C.CO[C@H]1/C=C/O[C@@]2(C)Oc3c(C)c(O)c4c(O)c(c(/C=N\N5CCN(C)CC5)c(O)c4c3C2=O)NC(=O)/C(C)=C\C=C\[C@@H](C)[C@H](O)[C@@H](C)[C@H](O)[C@@H](C)[C@H](OC(C)=O)[C@@H]1C. The molecule has 5 aliphatic rings. The lowest BCUT2D eigenvalue weighted by Gasteiger charge is -2.38. The molecule has 1 fully saturated rings. The Kier molecular flexibility index (Phi) is 19.2. The molecule has 10 atom stereocenters. The zero-order valence-electron chi connectivity index (χ0n) is 47.6. The third-order valence-corrected chi connectivity index (χ3v) is 16.9. The summed E-state index contributed by atoms with van der Waals surface area (Å²) in [6.07, 6.45) is 4.86. The van der Waals surface area contributed by atoms with E-state index in [0.29, 0.717) is 19.1 Å². The number of ether oxygens (including phenoxy) is 4. The first-order chi connectivity index (χ1) is 37.4. The summed E-state index contributed by atoms with van der Waals surface area (Å²) in [6.45, 7) is 18.4. The topological polar surface area (TPSA) is 227 Å². The number of carbonyl (C=O) groups excluding carboxylic acids is 3. The van der Waals surface area contributed by atoms with Gasteiger partial charge in [-0.3, -0.25) is 19.4 Å². The summed E-state index contributed by atoms with van der Waals surface area (Å²) >= 11 is 1.87. The number of rotatable bonds is 7. The van der Waals surface area contributed by atoms with E-state index in [4.69, 9.17) is 18.9 Å². The third kappa shape index (κ3) is 12.7. The average Bonchev–Trinajstić information content (AvgIpc) is 3.98. The minimum absolute atomic E-state index is 0.0559. The second-order valence-corrected chi connectivity index (χ2v) is 22.7. The Bertz CT molecular complexity index is 2980. The van der Waals surface area contributed by atoms with Gasteiger partial charge in [-0.05, 0) is 72.3 Å².